The molecule has 0 aliphatic rings. The third-order valence-corrected chi connectivity index (χ3v) is 3.29. The number of hydrogen-bond acceptors (Lipinski definition) is 4. The third-order valence-electron chi connectivity index (χ3n) is 2.56. The summed E-state index contributed by atoms with van der Waals surface area (Å²) in [5, 5.41) is 7.80. The second-order valence-electron chi connectivity index (χ2n) is 3.95. The molecule has 17 heavy (non-hydrogen) atoms. The molecule has 0 amide bonds. The highest BCUT2D eigenvalue weighted by Gasteiger charge is 2.13. The van der Waals surface area contributed by atoms with Crippen LogP contribution in [0.3, 0.4) is 0 Å². The zero-order valence-corrected chi connectivity index (χ0v) is 10.8. The Morgan fingerprint density at radius 2 is 2.18 bits per heavy atom. The van der Waals surface area contributed by atoms with Gasteiger partial charge in [-0.05, 0) is 47.8 Å². The van der Waals surface area contributed by atoms with Gasteiger partial charge in [0, 0.05) is 12.4 Å². The summed E-state index contributed by atoms with van der Waals surface area (Å²) in [6, 6.07) is 4.23. The SMILES string of the molecule is CCCNC(Cc1ccsc1)c1ncccn1. The molecule has 1 unspecified atom stereocenters. The fourth-order valence-electron chi connectivity index (χ4n) is 1.71. The Labute approximate surface area is 106 Å². The van der Waals surface area contributed by atoms with Crippen LogP contribution in [0.1, 0.15) is 30.8 Å². The first-order chi connectivity index (χ1) is 8.40. The van der Waals surface area contributed by atoms with Crippen molar-refractivity contribution in [2.24, 2.45) is 0 Å². The van der Waals surface area contributed by atoms with E-state index in [1.807, 2.05) is 6.07 Å². The Kier molecular flexibility index (Phi) is 4.64. The molecular formula is C13H17N3S. The lowest BCUT2D eigenvalue weighted by molar-refractivity contribution is 0.505. The molecule has 0 aromatic carbocycles. The van der Waals surface area contributed by atoms with E-state index in [9.17, 15) is 0 Å². The smallest absolute Gasteiger partial charge is 0.145 e. The van der Waals surface area contributed by atoms with Crippen molar-refractivity contribution in [1.29, 1.82) is 0 Å². The number of aromatic nitrogens is 2. The number of rotatable bonds is 6. The Morgan fingerprint density at radius 3 is 2.82 bits per heavy atom. The molecule has 2 aromatic rings. The lowest BCUT2D eigenvalue weighted by Crippen LogP contribution is -2.25. The highest BCUT2D eigenvalue weighted by atomic mass is 32.1. The lowest BCUT2D eigenvalue weighted by Gasteiger charge is -2.16. The molecule has 0 saturated heterocycles. The summed E-state index contributed by atoms with van der Waals surface area (Å²) in [6.07, 6.45) is 5.67. The average Bonchev–Trinajstić information content (AvgIpc) is 2.88. The summed E-state index contributed by atoms with van der Waals surface area (Å²) >= 11 is 1.73. The van der Waals surface area contributed by atoms with Crippen LogP contribution in [0.4, 0.5) is 0 Å². The van der Waals surface area contributed by atoms with Gasteiger partial charge in [-0.25, -0.2) is 9.97 Å². The van der Waals surface area contributed by atoms with Crippen molar-refractivity contribution >= 4 is 11.3 Å². The number of nitrogens with zero attached hydrogens (tertiary/aromatic N) is 2. The highest BCUT2D eigenvalue weighted by Crippen LogP contribution is 2.16. The van der Waals surface area contributed by atoms with Gasteiger partial charge in [-0.2, -0.15) is 11.3 Å². The molecule has 0 spiro atoms. The van der Waals surface area contributed by atoms with Gasteiger partial charge in [0.2, 0.25) is 0 Å². The van der Waals surface area contributed by atoms with Crippen LogP contribution < -0.4 is 5.32 Å². The van der Waals surface area contributed by atoms with Gasteiger partial charge in [0.15, 0.2) is 0 Å². The van der Waals surface area contributed by atoms with Crippen molar-refractivity contribution in [2.45, 2.75) is 25.8 Å². The van der Waals surface area contributed by atoms with Gasteiger partial charge in [0.1, 0.15) is 5.82 Å². The van der Waals surface area contributed by atoms with Gasteiger partial charge >= 0.3 is 0 Å². The van der Waals surface area contributed by atoms with E-state index in [0.29, 0.717) is 0 Å². The van der Waals surface area contributed by atoms with Crippen LogP contribution in [-0.4, -0.2) is 16.5 Å². The van der Waals surface area contributed by atoms with Gasteiger partial charge in [-0.15, -0.1) is 0 Å². The van der Waals surface area contributed by atoms with E-state index in [2.05, 4.69) is 39.0 Å². The van der Waals surface area contributed by atoms with E-state index in [4.69, 9.17) is 0 Å². The zero-order chi connectivity index (χ0) is 11.9. The normalized spacial score (nSPS) is 12.5. The summed E-state index contributed by atoms with van der Waals surface area (Å²) in [7, 11) is 0. The van der Waals surface area contributed by atoms with Crippen LogP contribution in [-0.2, 0) is 6.42 Å². The largest absolute Gasteiger partial charge is 0.307 e. The minimum absolute atomic E-state index is 0.214. The minimum atomic E-state index is 0.214. The molecule has 90 valence electrons. The molecule has 0 fully saturated rings. The maximum atomic E-state index is 4.34. The van der Waals surface area contributed by atoms with Crippen molar-refractivity contribution in [2.75, 3.05) is 6.54 Å². The summed E-state index contributed by atoms with van der Waals surface area (Å²) in [5.74, 6) is 0.882. The molecule has 2 aromatic heterocycles. The van der Waals surface area contributed by atoms with Crippen molar-refractivity contribution in [3.8, 4) is 0 Å². The molecule has 3 nitrogen and oxygen atoms in total. The van der Waals surface area contributed by atoms with Gasteiger partial charge in [0.25, 0.3) is 0 Å². The van der Waals surface area contributed by atoms with Crippen molar-refractivity contribution < 1.29 is 0 Å². The lowest BCUT2D eigenvalue weighted by atomic mass is 10.1. The highest BCUT2D eigenvalue weighted by molar-refractivity contribution is 7.07. The second-order valence-corrected chi connectivity index (χ2v) is 4.73. The van der Waals surface area contributed by atoms with Crippen LogP contribution in [0, 0.1) is 0 Å². The molecule has 4 heteroatoms. The summed E-state index contributed by atoms with van der Waals surface area (Å²) in [4.78, 5) is 8.68. The molecule has 0 bridgehead atoms. The first kappa shape index (κ1) is 12.2. The summed E-state index contributed by atoms with van der Waals surface area (Å²) < 4.78 is 0. The number of nitrogens with one attached hydrogen (secondary N) is 1. The zero-order valence-electron chi connectivity index (χ0n) is 9.97. The molecule has 2 heterocycles. The van der Waals surface area contributed by atoms with E-state index in [1.165, 1.54) is 5.56 Å². The van der Waals surface area contributed by atoms with Crippen LogP contribution in [0.25, 0.3) is 0 Å². The van der Waals surface area contributed by atoms with E-state index in [1.54, 1.807) is 23.7 Å². The molecule has 0 aliphatic heterocycles. The third kappa shape index (κ3) is 3.61. The van der Waals surface area contributed by atoms with Gasteiger partial charge < -0.3 is 5.32 Å². The predicted molar refractivity (Wildman–Crippen MR) is 71.1 cm³/mol. The maximum absolute atomic E-state index is 4.34. The van der Waals surface area contributed by atoms with Crippen LogP contribution in [0.2, 0.25) is 0 Å². The number of thiophene rings is 1. The molecule has 0 aliphatic carbocycles. The Morgan fingerprint density at radius 1 is 1.35 bits per heavy atom. The molecule has 1 N–H and O–H groups in total. The fraction of sp³-hybridized carbons (Fsp3) is 0.385. The van der Waals surface area contributed by atoms with Crippen molar-refractivity contribution in [1.82, 2.24) is 15.3 Å². The van der Waals surface area contributed by atoms with E-state index in [-0.39, 0.29) is 6.04 Å². The summed E-state index contributed by atoms with van der Waals surface area (Å²) in [5.41, 5.74) is 1.34. The first-order valence-corrected chi connectivity index (χ1v) is 6.85. The number of hydrogen-bond donors (Lipinski definition) is 1. The van der Waals surface area contributed by atoms with Gasteiger partial charge in [-0.1, -0.05) is 6.92 Å². The fourth-order valence-corrected chi connectivity index (χ4v) is 2.39. The average molecular weight is 247 g/mol. The monoisotopic (exact) mass is 247 g/mol. The standard InChI is InChI=1S/C13H17N3S/c1-2-5-14-12(9-11-4-8-17-10-11)13-15-6-3-7-16-13/h3-4,6-8,10,12,14H,2,5,9H2,1H3. The summed E-state index contributed by atoms with van der Waals surface area (Å²) in [6.45, 7) is 3.16. The molecule has 2 rings (SSSR count). The van der Waals surface area contributed by atoms with E-state index >= 15 is 0 Å². The maximum Gasteiger partial charge on any atom is 0.145 e. The Bertz CT molecular complexity index is 413. The minimum Gasteiger partial charge on any atom is -0.307 e. The van der Waals surface area contributed by atoms with Crippen LogP contribution in [0.5, 0.6) is 0 Å². The molecule has 0 radical (unpaired) electrons. The van der Waals surface area contributed by atoms with Crippen LogP contribution in [0.15, 0.2) is 35.3 Å². The molecule has 0 saturated carbocycles. The topological polar surface area (TPSA) is 37.8 Å². The predicted octanol–water partition coefficient (Wildman–Crippen LogP) is 2.82. The Balaban J connectivity index is 2.08. The molecular weight excluding hydrogens is 230 g/mol. The van der Waals surface area contributed by atoms with Crippen molar-refractivity contribution in [3.63, 3.8) is 0 Å². The van der Waals surface area contributed by atoms with Crippen molar-refractivity contribution in [3.05, 3.63) is 46.7 Å². The van der Waals surface area contributed by atoms with E-state index in [0.717, 1.165) is 25.2 Å². The quantitative estimate of drug-likeness (QED) is 0.853. The van der Waals surface area contributed by atoms with Gasteiger partial charge in [-0.3, -0.25) is 0 Å². The Hall–Kier alpha value is -1.26. The van der Waals surface area contributed by atoms with Crippen LogP contribution >= 0.6 is 11.3 Å². The molecule has 1 atom stereocenters. The van der Waals surface area contributed by atoms with Gasteiger partial charge in [0.05, 0.1) is 6.04 Å². The van der Waals surface area contributed by atoms with E-state index < -0.39 is 0 Å². The second kappa shape index (κ2) is 6.47. The first-order valence-electron chi connectivity index (χ1n) is 5.91.